The summed E-state index contributed by atoms with van der Waals surface area (Å²) >= 11 is 0. The van der Waals surface area contributed by atoms with E-state index in [0.717, 1.165) is 18.5 Å². The number of nitrogens with one attached hydrogen (secondary N) is 1. The second kappa shape index (κ2) is 6.17. The molecule has 1 aliphatic heterocycles. The number of anilines is 1. The molecule has 1 heterocycles. The van der Waals surface area contributed by atoms with E-state index in [1.54, 1.807) is 0 Å². The Hall–Kier alpha value is -1.02. The van der Waals surface area contributed by atoms with Crippen molar-refractivity contribution in [2.24, 2.45) is 5.92 Å². The first-order valence-corrected chi connectivity index (χ1v) is 8.34. The van der Waals surface area contributed by atoms with Gasteiger partial charge in [0.05, 0.1) is 0 Å². The summed E-state index contributed by atoms with van der Waals surface area (Å²) in [5.41, 5.74) is 4.33. The Balaban J connectivity index is 1.66. The maximum absolute atomic E-state index is 3.60. The lowest BCUT2D eigenvalue weighted by Gasteiger charge is -2.35. The second-order valence-electron chi connectivity index (χ2n) is 6.64. The van der Waals surface area contributed by atoms with Gasteiger partial charge in [0.15, 0.2) is 0 Å². The van der Waals surface area contributed by atoms with Crippen LogP contribution < -0.4 is 10.2 Å². The second-order valence-corrected chi connectivity index (χ2v) is 6.64. The van der Waals surface area contributed by atoms with Crippen molar-refractivity contribution in [2.45, 2.75) is 58.5 Å². The fraction of sp³-hybridized carbons (Fsp3) is 0.667. The molecule has 1 saturated carbocycles. The summed E-state index contributed by atoms with van der Waals surface area (Å²) in [6, 6.07) is 7.83. The van der Waals surface area contributed by atoms with Crippen molar-refractivity contribution in [3.63, 3.8) is 0 Å². The molecule has 1 atom stereocenters. The van der Waals surface area contributed by atoms with Gasteiger partial charge < -0.3 is 10.2 Å². The molecule has 1 unspecified atom stereocenters. The monoisotopic (exact) mass is 272 g/mol. The first-order chi connectivity index (χ1) is 9.76. The van der Waals surface area contributed by atoms with E-state index in [-0.39, 0.29) is 0 Å². The standard InChI is InChI=1S/C18H28N2/c1-3-15-5-4-10-20(13-15)18-9-6-16(11-14(18)2)12-19-17-7-8-17/h6,9,11,15,17,19H,3-5,7-8,10,12-13H2,1-2H3. The van der Waals surface area contributed by atoms with Gasteiger partial charge in [-0.15, -0.1) is 0 Å². The summed E-state index contributed by atoms with van der Waals surface area (Å²) in [5, 5.41) is 3.60. The van der Waals surface area contributed by atoms with Crippen molar-refractivity contribution in [2.75, 3.05) is 18.0 Å². The molecule has 0 radical (unpaired) electrons. The Bertz CT molecular complexity index is 451. The molecule has 1 aliphatic carbocycles. The van der Waals surface area contributed by atoms with Gasteiger partial charge in [0.1, 0.15) is 0 Å². The Labute approximate surface area is 123 Å². The molecule has 20 heavy (non-hydrogen) atoms. The number of rotatable bonds is 5. The van der Waals surface area contributed by atoms with Gasteiger partial charge in [0.25, 0.3) is 0 Å². The molecule has 3 rings (SSSR count). The molecule has 0 amide bonds. The third-order valence-corrected chi connectivity index (χ3v) is 4.87. The van der Waals surface area contributed by atoms with Crippen molar-refractivity contribution >= 4 is 5.69 Å². The summed E-state index contributed by atoms with van der Waals surface area (Å²) in [7, 11) is 0. The van der Waals surface area contributed by atoms with Crippen molar-refractivity contribution in [1.82, 2.24) is 5.32 Å². The predicted molar refractivity (Wildman–Crippen MR) is 86.3 cm³/mol. The molecule has 1 aromatic rings. The van der Waals surface area contributed by atoms with Crippen molar-refractivity contribution in [3.05, 3.63) is 29.3 Å². The molecule has 1 aromatic carbocycles. The van der Waals surface area contributed by atoms with Crippen LogP contribution in [0.15, 0.2) is 18.2 Å². The Morgan fingerprint density at radius 1 is 1.25 bits per heavy atom. The highest BCUT2D eigenvalue weighted by molar-refractivity contribution is 5.54. The van der Waals surface area contributed by atoms with Crippen LogP contribution in [0.25, 0.3) is 0 Å². The molecule has 0 aromatic heterocycles. The smallest absolute Gasteiger partial charge is 0.0396 e. The van der Waals surface area contributed by atoms with Gasteiger partial charge in [-0.25, -0.2) is 0 Å². The van der Waals surface area contributed by atoms with E-state index in [4.69, 9.17) is 0 Å². The van der Waals surface area contributed by atoms with E-state index in [1.807, 2.05) is 0 Å². The topological polar surface area (TPSA) is 15.3 Å². The highest BCUT2D eigenvalue weighted by Crippen LogP contribution is 2.28. The summed E-state index contributed by atoms with van der Waals surface area (Å²) in [6.45, 7) is 8.11. The maximum Gasteiger partial charge on any atom is 0.0396 e. The van der Waals surface area contributed by atoms with E-state index in [2.05, 4.69) is 42.3 Å². The number of nitrogens with zero attached hydrogens (tertiary/aromatic N) is 1. The zero-order valence-electron chi connectivity index (χ0n) is 13.0. The van der Waals surface area contributed by atoms with Gasteiger partial charge in [-0.05, 0) is 55.7 Å². The van der Waals surface area contributed by atoms with Crippen LogP contribution in [0.4, 0.5) is 5.69 Å². The molecule has 1 saturated heterocycles. The summed E-state index contributed by atoms with van der Waals surface area (Å²) < 4.78 is 0. The van der Waals surface area contributed by atoms with Crippen molar-refractivity contribution < 1.29 is 0 Å². The lowest BCUT2D eigenvalue weighted by atomic mass is 9.94. The largest absolute Gasteiger partial charge is 0.371 e. The van der Waals surface area contributed by atoms with Crippen molar-refractivity contribution in [3.8, 4) is 0 Å². The Morgan fingerprint density at radius 3 is 2.80 bits per heavy atom. The number of aryl methyl sites for hydroxylation is 1. The van der Waals surface area contributed by atoms with Crippen LogP contribution in [-0.4, -0.2) is 19.1 Å². The highest BCUT2D eigenvalue weighted by Gasteiger charge is 2.21. The maximum atomic E-state index is 3.60. The van der Waals surface area contributed by atoms with Gasteiger partial charge in [-0.3, -0.25) is 0 Å². The SMILES string of the molecule is CCC1CCCN(c2ccc(CNC3CC3)cc2C)C1. The lowest BCUT2D eigenvalue weighted by molar-refractivity contribution is 0.404. The van der Waals surface area contributed by atoms with Crippen LogP contribution in [0.2, 0.25) is 0 Å². The highest BCUT2D eigenvalue weighted by atomic mass is 15.1. The molecule has 2 heteroatoms. The zero-order valence-corrected chi connectivity index (χ0v) is 13.0. The van der Waals surface area contributed by atoms with E-state index in [0.29, 0.717) is 0 Å². The number of piperidine rings is 1. The first-order valence-electron chi connectivity index (χ1n) is 8.34. The van der Waals surface area contributed by atoms with E-state index >= 15 is 0 Å². The van der Waals surface area contributed by atoms with Crippen LogP contribution in [-0.2, 0) is 6.54 Å². The average Bonchev–Trinajstić information content (AvgIpc) is 3.29. The average molecular weight is 272 g/mol. The lowest BCUT2D eigenvalue weighted by Crippen LogP contribution is -2.35. The fourth-order valence-electron chi connectivity index (χ4n) is 3.35. The Kier molecular flexibility index (Phi) is 4.30. The van der Waals surface area contributed by atoms with Gasteiger partial charge in [-0.1, -0.05) is 25.5 Å². The third kappa shape index (κ3) is 3.35. The summed E-state index contributed by atoms with van der Waals surface area (Å²) in [4.78, 5) is 2.60. The van der Waals surface area contributed by atoms with Crippen LogP contribution in [0.5, 0.6) is 0 Å². The summed E-state index contributed by atoms with van der Waals surface area (Å²) in [5.74, 6) is 0.888. The summed E-state index contributed by atoms with van der Waals surface area (Å²) in [6.07, 6.45) is 6.81. The number of hydrogen-bond acceptors (Lipinski definition) is 2. The van der Waals surface area contributed by atoms with E-state index < -0.39 is 0 Å². The van der Waals surface area contributed by atoms with Gasteiger partial charge >= 0.3 is 0 Å². The molecule has 2 fully saturated rings. The van der Waals surface area contributed by atoms with Crippen LogP contribution in [0, 0.1) is 12.8 Å². The molecule has 2 nitrogen and oxygen atoms in total. The molecule has 2 aliphatic rings. The van der Waals surface area contributed by atoms with Gasteiger partial charge in [0.2, 0.25) is 0 Å². The quantitative estimate of drug-likeness (QED) is 0.875. The van der Waals surface area contributed by atoms with Crippen LogP contribution in [0.1, 0.15) is 50.2 Å². The normalized spacial score (nSPS) is 23.1. The minimum atomic E-state index is 0.794. The minimum Gasteiger partial charge on any atom is -0.371 e. The van der Waals surface area contributed by atoms with E-state index in [9.17, 15) is 0 Å². The number of hydrogen-bond donors (Lipinski definition) is 1. The van der Waals surface area contributed by atoms with Crippen LogP contribution in [0.3, 0.4) is 0 Å². The minimum absolute atomic E-state index is 0.794. The van der Waals surface area contributed by atoms with Gasteiger partial charge in [0, 0.05) is 31.4 Å². The molecule has 1 N–H and O–H groups in total. The molecule has 0 bridgehead atoms. The van der Waals surface area contributed by atoms with Crippen molar-refractivity contribution in [1.29, 1.82) is 0 Å². The van der Waals surface area contributed by atoms with Crippen LogP contribution >= 0.6 is 0 Å². The molecular weight excluding hydrogens is 244 g/mol. The number of benzene rings is 1. The van der Waals surface area contributed by atoms with E-state index in [1.165, 1.54) is 62.0 Å². The molecule has 110 valence electrons. The first kappa shape index (κ1) is 13.9. The fourth-order valence-corrected chi connectivity index (χ4v) is 3.35. The third-order valence-electron chi connectivity index (χ3n) is 4.87. The molecule has 0 spiro atoms. The Morgan fingerprint density at radius 2 is 2.10 bits per heavy atom. The zero-order chi connectivity index (χ0) is 13.9. The molecular formula is C18H28N2. The van der Waals surface area contributed by atoms with Gasteiger partial charge in [-0.2, -0.15) is 0 Å². The predicted octanol–water partition coefficient (Wildman–Crippen LogP) is 3.87.